The minimum atomic E-state index is -4.41. The lowest BCUT2D eigenvalue weighted by molar-refractivity contribution is -0.137. The predicted molar refractivity (Wildman–Crippen MR) is 121 cm³/mol. The van der Waals surface area contributed by atoms with Gasteiger partial charge in [0.2, 0.25) is 0 Å². The number of rotatable bonds is 3. The van der Waals surface area contributed by atoms with Crippen LogP contribution in [0.4, 0.5) is 13.2 Å². The van der Waals surface area contributed by atoms with Gasteiger partial charge in [-0.2, -0.15) is 13.2 Å². The van der Waals surface area contributed by atoms with Crippen LogP contribution in [-0.4, -0.2) is 28.5 Å². The number of hydrogen-bond acceptors (Lipinski definition) is 1. The number of piperidine rings is 1. The highest BCUT2D eigenvalue weighted by molar-refractivity contribution is 6.38. The molecule has 32 heavy (non-hydrogen) atoms. The normalized spacial score (nSPS) is 15.5. The molecule has 1 fully saturated rings. The SMILES string of the molecule is CC1CCN(C(=O)c2ccc(Cl)c(Cc3cc4ccc(C(F)(F)F)cc4n3C)c2Cl)CC1. The van der Waals surface area contributed by atoms with Crippen LogP contribution < -0.4 is 0 Å². The van der Waals surface area contributed by atoms with Crippen LogP contribution in [0.3, 0.4) is 0 Å². The molecule has 4 rings (SSSR count). The van der Waals surface area contributed by atoms with Gasteiger partial charge in [0.25, 0.3) is 5.91 Å². The number of benzene rings is 2. The molecule has 0 radical (unpaired) electrons. The Bertz CT molecular complexity index is 1180. The molecule has 1 saturated heterocycles. The molecule has 0 saturated carbocycles. The molecule has 8 heteroatoms. The molecule has 1 aromatic heterocycles. The number of amides is 1. The number of hydrogen-bond donors (Lipinski definition) is 0. The molecule has 0 N–H and O–H groups in total. The van der Waals surface area contributed by atoms with Crippen molar-refractivity contribution in [2.45, 2.75) is 32.4 Å². The summed E-state index contributed by atoms with van der Waals surface area (Å²) in [4.78, 5) is 14.9. The van der Waals surface area contributed by atoms with Crippen molar-refractivity contribution in [3.63, 3.8) is 0 Å². The van der Waals surface area contributed by atoms with Crippen molar-refractivity contribution in [1.82, 2.24) is 9.47 Å². The number of nitrogens with zero attached hydrogens (tertiary/aromatic N) is 2. The third kappa shape index (κ3) is 4.35. The number of carbonyl (C=O) groups excluding carboxylic acids is 1. The molecule has 1 aliphatic heterocycles. The van der Waals surface area contributed by atoms with Crippen LogP contribution in [0.15, 0.2) is 36.4 Å². The Labute approximate surface area is 194 Å². The Morgan fingerprint density at radius 2 is 1.78 bits per heavy atom. The zero-order valence-corrected chi connectivity index (χ0v) is 19.3. The standard InChI is InChI=1S/C24H23Cl2F3N2O/c1-14-7-9-31(10-8-14)23(32)18-5-6-20(25)19(22(18)26)13-17-11-15-3-4-16(24(27,28)29)12-21(15)30(17)2/h3-6,11-12,14H,7-10,13H2,1-2H3. The third-order valence-corrected chi connectivity index (χ3v) is 7.10. The van der Waals surface area contributed by atoms with E-state index in [1.807, 2.05) is 11.0 Å². The van der Waals surface area contributed by atoms with Gasteiger partial charge in [0.1, 0.15) is 0 Å². The summed E-state index contributed by atoms with van der Waals surface area (Å²) in [6, 6.07) is 8.80. The van der Waals surface area contributed by atoms with Gasteiger partial charge in [0, 0.05) is 42.8 Å². The number of aromatic nitrogens is 1. The van der Waals surface area contributed by atoms with Crippen molar-refractivity contribution in [3.8, 4) is 0 Å². The third-order valence-electron chi connectivity index (χ3n) is 6.32. The van der Waals surface area contributed by atoms with E-state index in [1.54, 1.807) is 23.7 Å². The number of aryl methyl sites for hydroxylation is 1. The van der Waals surface area contributed by atoms with E-state index in [1.165, 1.54) is 6.07 Å². The molecule has 3 aromatic rings. The Morgan fingerprint density at radius 3 is 2.44 bits per heavy atom. The van der Waals surface area contributed by atoms with Gasteiger partial charge in [0.15, 0.2) is 0 Å². The largest absolute Gasteiger partial charge is 0.416 e. The molecular weight excluding hydrogens is 460 g/mol. The minimum Gasteiger partial charge on any atom is -0.347 e. The number of alkyl halides is 3. The zero-order chi connectivity index (χ0) is 23.2. The van der Waals surface area contributed by atoms with Crippen molar-refractivity contribution in [2.75, 3.05) is 13.1 Å². The Morgan fingerprint density at radius 1 is 1.09 bits per heavy atom. The first-order chi connectivity index (χ1) is 15.1. The molecule has 0 atom stereocenters. The lowest BCUT2D eigenvalue weighted by Crippen LogP contribution is -2.38. The van der Waals surface area contributed by atoms with Gasteiger partial charge in [-0.3, -0.25) is 4.79 Å². The lowest BCUT2D eigenvalue weighted by atomic mass is 9.98. The van der Waals surface area contributed by atoms with Crippen molar-refractivity contribution < 1.29 is 18.0 Å². The fourth-order valence-corrected chi connectivity index (χ4v) is 4.81. The van der Waals surface area contributed by atoms with Gasteiger partial charge >= 0.3 is 6.18 Å². The highest BCUT2D eigenvalue weighted by Gasteiger charge is 2.31. The summed E-state index contributed by atoms with van der Waals surface area (Å²) in [7, 11) is 1.71. The first-order valence-electron chi connectivity index (χ1n) is 10.5. The van der Waals surface area contributed by atoms with Gasteiger partial charge in [-0.1, -0.05) is 36.2 Å². The van der Waals surface area contributed by atoms with Crippen LogP contribution in [-0.2, 0) is 19.6 Å². The molecule has 1 aliphatic rings. The van der Waals surface area contributed by atoms with Crippen LogP contribution >= 0.6 is 23.2 Å². The first-order valence-corrected chi connectivity index (χ1v) is 11.2. The van der Waals surface area contributed by atoms with Crippen molar-refractivity contribution in [1.29, 1.82) is 0 Å². The molecular formula is C24H23Cl2F3N2O. The smallest absolute Gasteiger partial charge is 0.347 e. The maximum Gasteiger partial charge on any atom is 0.416 e. The fraction of sp³-hybridized carbons (Fsp3) is 0.375. The Kier molecular flexibility index (Phi) is 6.21. The number of fused-ring (bicyclic) bond motifs is 1. The number of halogens is 5. The number of likely N-dealkylation sites (tertiary alicyclic amines) is 1. The quantitative estimate of drug-likeness (QED) is 0.395. The minimum absolute atomic E-state index is 0.119. The van der Waals surface area contributed by atoms with Gasteiger partial charge in [-0.25, -0.2) is 0 Å². The first kappa shape index (κ1) is 23.0. The van der Waals surface area contributed by atoms with Crippen LogP contribution in [0, 0.1) is 5.92 Å². The summed E-state index contributed by atoms with van der Waals surface area (Å²) in [6.45, 7) is 3.56. The van der Waals surface area contributed by atoms with E-state index in [9.17, 15) is 18.0 Å². The second-order valence-corrected chi connectivity index (χ2v) is 9.29. The van der Waals surface area contributed by atoms with Crippen molar-refractivity contribution in [3.05, 3.63) is 68.8 Å². The molecule has 170 valence electrons. The summed E-state index contributed by atoms with van der Waals surface area (Å²) in [5, 5.41) is 1.40. The Balaban J connectivity index is 1.67. The molecule has 2 aromatic carbocycles. The van der Waals surface area contributed by atoms with E-state index >= 15 is 0 Å². The predicted octanol–water partition coefficient (Wildman–Crippen LogP) is 6.97. The summed E-state index contributed by atoms with van der Waals surface area (Å²) in [5.74, 6) is 0.478. The second kappa shape index (κ2) is 8.64. The highest BCUT2D eigenvalue weighted by atomic mass is 35.5. The molecule has 0 bridgehead atoms. The Hall–Kier alpha value is -2.18. The molecule has 0 unspecified atom stereocenters. The molecule has 0 aliphatic carbocycles. The topological polar surface area (TPSA) is 25.2 Å². The van der Waals surface area contributed by atoms with Gasteiger partial charge in [0.05, 0.1) is 16.1 Å². The highest BCUT2D eigenvalue weighted by Crippen LogP contribution is 2.35. The summed E-state index contributed by atoms with van der Waals surface area (Å²) < 4.78 is 41.1. The summed E-state index contributed by atoms with van der Waals surface area (Å²) in [5.41, 5.74) is 1.51. The van der Waals surface area contributed by atoms with E-state index < -0.39 is 11.7 Å². The van der Waals surface area contributed by atoms with Crippen LogP contribution in [0.2, 0.25) is 10.0 Å². The monoisotopic (exact) mass is 482 g/mol. The molecule has 2 heterocycles. The maximum atomic E-state index is 13.1. The van der Waals surface area contributed by atoms with Gasteiger partial charge < -0.3 is 9.47 Å². The van der Waals surface area contributed by atoms with E-state index in [-0.39, 0.29) is 5.91 Å². The number of carbonyl (C=O) groups is 1. The van der Waals surface area contributed by atoms with Crippen molar-refractivity contribution >= 4 is 40.0 Å². The van der Waals surface area contributed by atoms with E-state index in [2.05, 4.69) is 6.92 Å². The summed E-state index contributed by atoms with van der Waals surface area (Å²) >= 11 is 13.1. The van der Waals surface area contributed by atoms with Crippen molar-refractivity contribution in [2.24, 2.45) is 13.0 Å². The maximum absolute atomic E-state index is 13.1. The fourth-order valence-electron chi connectivity index (χ4n) is 4.22. The van der Waals surface area contributed by atoms with Crippen LogP contribution in [0.5, 0.6) is 0 Å². The van der Waals surface area contributed by atoms with Gasteiger partial charge in [-0.05, 0) is 60.0 Å². The van der Waals surface area contributed by atoms with Crippen LogP contribution in [0.1, 0.15) is 46.9 Å². The second-order valence-electron chi connectivity index (χ2n) is 8.51. The van der Waals surface area contributed by atoms with Crippen LogP contribution in [0.25, 0.3) is 10.9 Å². The van der Waals surface area contributed by atoms with E-state index in [0.717, 1.165) is 30.7 Å². The van der Waals surface area contributed by atoms with Gasteiger partial charge in [-0.15, -0.1) is 0 Å². The summed E-state index contributed by atoms with van der Waals surface area (Å²) in [6.07, 6.45) is -2.20. The average Bonchev–Trinajstić information content (AvgIpc) is 3.05. The average molecular weight is 483 g/mol. The lowest BCUT2D eigenvalue weighted by Gasteiger charge is -2.30. The molecule has 1 amide bonds. The molecule has 0 spiro atoms. The zero-order valence-electron chi connectivity index (χ0n) is 17.8. The van der Waals surface area contributed by atoms with E-state index in [0.29, 0.717) is 57.5 Å². The van der Waals surface area contributed by atoms with E-state index in [4.69, 9.17) is 23.2 Å². The molecule has 3 nitrogen and oxygen atoms in total.